The van der Waals surface area contributed by atoms with Gasteiger partial charge in [0.1, 0.15) is 10.8 Å². The second kappa shape index (κ2) is 9.50. The molecule has 34 heavy (non-hydrogen) atoms. The minimum Gasteiger partial charge on any atom is -0.497 e. The van der Waals surface area contributed by atoms with Gasteiger partial charge < -0.3 is 15.0 Å². The summed E-state index contributed by atoms with van der Waals surface area (Å²) in [7, 11) is 1.62. The van der Waals surface area contributed by atoms with Gasteiger partial charge in [0, 0.05) is 24.0 Å². The number of rotatable bonds is 5. The molecule has 1 aromatic heterocycles. The van der Waals surface area contributed by atoms with Gasteiger partial charge >= 0.3 is 0 Å². The Kier molecular flexibility index (Phi) is 6.66. The van der Waals surface area contributed by atoms with E-state index < -0.39 is 11.1 Å². The molecule has 6 nitrogen and oxygen atoms in total. The van der Waals surface area contributed by atoms with Gasteiger partial charge in [-0.2, -0.15) is 0 Å². The van der Waals surface area contributed by atoms with E-state index >= 15 is 0 Å². The second-order valence-corrected chi connectivity index (χ2v) is 10.3. The van der Waals surface area contributed by atoms with Gasteiger partial charge in [0.05, 0.1) is 12.7 Å². The highest BCUT2D eigenvalue weighted by molar-refractivity contribution is 7.99. The van der Waals surface area contributed by atoms with Crippen molar-refractivity contribution in [1.29, 1.82) is 0 Å². The molecule has 2 amide bonds. The van der Waals surface area contributed by atoms with Crippen LogP contribution in [0, 0.1) is 0 Å². The Labute approximate surface area is 204 Å². The molecule has 1 unspecified atom stereocenters. The summed E-state index contributed by atoms with van der Waals surface area (Å²) in [6.07, 6.45) is 1.68. The van der Waals surface area contributed by atoms with Crippen molar-refractivity contribution in [2.45, 2.75) is 43.4 Å². The largest absolute Gasteiger partial charge is 0.497 e. The fourth-order valence-corrected chi connectivity index (χ4v) is 5.32. The summed E-state index contributed by atoms with van der Waals surface area (Å²) in [4.78, 5) is 34.4. The first-order chi connectivity index (χ1) is 16.2. The Hall–Kier alpha value is -3.32. The maximum absolute atomic E-state index is 14.1. The molecule has 4 rings (SSSR count). The second-order valence-electron chi connectivity index (χ2n) is 9.31. The van der Waals surface area contributed by atoms with E-state index in [0.29, 0.717) is 16.3 Å². The van der Waals surface area contributed by atoms with Crippen LogP contribution in [-0.2, 0) is 16.9 Å². The van der Waals surface area contributed by atoms with E-state index in [1.165, 1.54) is 11.8 Å². The molecular weight excluding hydrogens is 446 g/mol. The molecule has 1 aliphatic rings. The number of pyridine rings is 1. The Morgan fingerprint density at radius 2 is 1.79 bits per heavy atom. The predicted molar refractivity (Wildman–Crippen MR) is 134 cm³/mol. The molecule has 0 aliphatic carbocycles. The number of fused-ring (bicyclic) bond motifs is 1. The van der Waals surface area contributed by atoms with Gasteiger partial charge in [-0.15, -0.1) is 11.8 Å². The standard InChI is InChI=1S/C27H29N3O3S/c1-26(2,3)29-25(32)27(20-9-6-5-7-10-20)18-34-23-22(11-8-16-28-23)24(31)30(27)17-19-12-14-21(33-4)15-13-19/h5-16H,17-18H2,1-4H3,(H,29,32). The minimum atomic E-state index is -1.24. The van der Waals surface area contributed by atoms with E-state index in [2.05, 4.69) is 10.3 Å². The number of ether oxygens (including phenoxy) is 1. The molecule has 1 atom stereocenters. The zero-order valence-electron chi connectivity index (χ0n) is 19.9. The molecule has 0 fully saturated rings. The molecule has 2 aromatic carbocycles. The van der Waals surface area contributed by atoms with Crippen molar-refractivity contribution in [3.8, 4) is 5.75 Å². The SMILES string of the molecule is COc1ccc(CN2C(=O)c3cccnc3SCC2(C(=O)NC(C)(C)C)c2ccccc2)cc1. The van der Waals surface area contributed by atoms with Crippen LogP contribution in [0.2, 0.25) is 0 Å². The number of methoxy groups -OCH3 is 1. The fraction of sp³-hybridized carbons (Fsp3) is 0.296. The van der Waals surface area contributed by atoms with E-state index in [-0.39, 0.29) is 18.4 Å². The van der Waals surface area contributed by atoms with Crippen LogP contribution < -0.4 is 10.1 Å². The van der Waals surface area contributed by atoms with Crippen LogP contribution in [0.5, 0.6) is 5.75 Å². The first-order valence-corrected chi connectivity index (χ1v) is 12.1. The summed E-state index contributed by atoms with van der Waals surface area (Å²) in [5.41, 5.74) is 0.448. The summed E-state index contributed by atoms with van der Waals surface area (Å²) in [5, 5.41) is 3.78. The number of hydrogen-bond donors (Lipinski definition) is 1. The van der Waals surface area contributed by atoms with Gasteiger partial charge in [0.2, 0.25) is 0 Å². The first kappa shape index (κ1) is 23.8. The molecule has 176 valence electrons. The zero-order chi connectivity index (χ0) is 24.3. The quantitative estimate of drug-likeness (QED) is 0.582. The van der Waals surface area contributed by atoms with Crippen molar-refractivity contribution in [3.63, 3.8) is 0 Å². The van der Waals surface area contributed by atoms with Crippen molar-refractivity contribution in [2.75, 3.05) is 12.9 Å². The number of benzene rings is 2. The summed E-state index contributed by atoms with van der Waals surface area (Å²) < 4.78 is 5.29. The smallest absolute Gasteiger partial charge is 0.258 e. The Morgan fingerprint density at radius 3 is 2.44 bits per heavy atom. The third kappa shape index (κ3) is 4.66. The van der Waals surface area contributed by atoms with Gasteiger partial charge in [-0.25, -0.2) is 4.98 Å². The zero-order valence-corrected chi connectivity index (χ0v) is 20.7. The summed E-state index contributed by atoms with van der Waals surface area (Å²) in [6.45, 7) is 6.09. The monoisotopic (exact) mass is 475 g/mol. The number of carbonyl (C=O) groups is 2. The van der Waals surface area contributed by atoms with Crippen LogP contribution in [-0.4, -0.2) is 40.1 Å². The number of thioether (sulfide) groups is 1. The van der Waals surface area contributed by atoms with Crippen molar-refractivity contribution in [1.82, 2.24) is 15.2 Å². The molecule has 0 spiro atoms. The minimum absolute atomic E-state index is 0.214. The highest BCUT2D eigenvalue weighted by Gasteiger charge is 2.51. The lowest BCUT2D eigenvalue weighted by Crippen LogP contribution is -2.61. The van der Waals surface area contributed by atoms with Crippen LogP contribution in [0.15, 0.2) is 78.0 Å². The third-order valence-electron chi connectivity index (χ3n) is 5.74. The van der Waals surface area contributed by atoms with Gasteiger partial charge in [-0.3, -0.25) is 9.59 Å². The lowest BCUT2D eigenvalue weighted by atomic mass is 9.86. The summed E-state index contributed by atoms with van der Waals surface area (Å²) >= 11 is 1.44. The average molecular weight is 476 g/mol. The number of carbonyl (C=O) groups excluding carboxylic acids is 2. The maximum Gasteiger partial charge on any atom is 0.258 e. The number of hydrogen-bond acceptors (Lipinski definition) is 5. The van der Waals surface area contributed by atoms with Crippen molar-refractivity contribution in [2.24, 2.45) is 0 Å². The Balaban J connectivity index is 1.91. The van der Waals surface area contributed by atoms with E-state index in [1.54, 1.807) is 30.3 Å². The van der Waals surface area contributed by atoms with Crippen LogP contribution in [0.25, 0.3) is 0 Å². The molecule has 2 heterocycles. The number of amides is 2. The van der Waals surface area contributed by atoms with Gasteiger partial charge in [-0.05, 0) is 56.2 Å². The summed E-state index contributed by atoms with van der Waals surface area (Å²) in [6, 6.07) is 20.7. The lowest BCUT2D eigenvalue weighted by molar-refractivity contribution is -0.133. The van der Waals surface area contributed by atoms with Crippen LogP contribution >= 0.6 is 11.8 Å². The van der Waals surface area contributed by atoms with Crippen LogP contribution in [0.1, 0.15) is 42.3 Å². The van der Waals surface area contributed by atoms with E-state index in [1.807, 2.05) is 75.4 Å². The molecule has 1 aliphatic heterocycles. The highest BCUT2D eigenvalue weighted by Crippen LogP contribution is 2.41. The Bertz CT molecular complexity index is 1180. The topological polar surface area (TPSA) is 71.5 Å². The molecular formula is C27H29N3O3S. The Morgan fingerprint density at radius 1 is 1.09 bits per heavy atom. The first-order valence-electron chi connectivity index (χ1n) is 11.2. The van der Waals surface area contributed by atoms with Crippen LogP contribution in [0.3, 0.4) is 0 Å². The summed E-state index contributed by atoms with van der Waals surface area (Å²) in [5.74, 6) is 0.631. The van der Waals surface area contributed by atoms with E-state index in [4.69, 9.17) is 4.74 Å². The molecule has 7 heteroatoms. The van der Waals surface area contributed by atoms with Crippen molar-refractivity contribution >= 4 is 23.6 Å². The lowest BCUT2D eigenvalue weighted by Gasteiger charge is -2.43. The predicted octanol–water partition coefficient (Wildman–Crippen LogP) is 4.65. The normalized spacial score (nSPS) is 18.1. The number of aromatic nitrogens is 1. The van der Waals surface area contributed by atoms with Gasteiger partial charge in [0.15, 0.2) is 5.54 Å². The van der Waals surface area contributed by atoms with Gasteiger partial charge in [0.25, 0.3) is 11.8 Å². The molecule has 0 radical (unpaired) electrons. The molecule has 3 aromatic rings. The third-order valence-corrected chi connectivity index (χ3v) is 6.90. The number of nitrogens with zero attached hydrogens (tertiary/aromatic N) is 2. The van der Waals surface area contributed by atoms with Crippen molar-refractivity contribution in [3.05, 3.63) is 89.6 Å². The fourth-order valence-electron chi connectivity index (χ4n) is 4.07. The van der Waals surface area contributed by atoms with Crippen molar-refractivity contribution < 1.29 is 14.3 Å². The van der Waals surface area contributed by atoms with Crippen LogP contribution in [0.4, 0.5) is 0 Å². The highest BCUT2D eigenvalue weighted by atomic mass is 32.2. The van der Waals surface area contributed by atoms with Gasteiger partial charge in [-0.1, -0.05) is 42.5 Å². The molecule has 0 bridgehead atoms. The van der Waals surface area contributed by atoms with E-state index in [0.717, 1.165) is 16.9 Å². The molecule has 1 N–H and O–H groups in total. The average Bonchev–Trinajstić information content (AvgIpc) is 2.95. The number of nitrogens with one attached hydrogen (secondary N) is 1. The van der Waals surface area contributed by atoms with E-state index in [9.17, 15) is 9.59 Å². The maximum atomic E-state index is 14.1. The molecule has 0 saturated carbocycles. The molecule has 0 saturated heterocycles.